The van der Waals surface area contributed by atoms with Crippen LogP contribution in [0.4, 0.5) is 0 Å². The van der Waals surface area contributed by atoms with Gasteiger partial charge in [0.1, 0.15) is 5.78 Å². The van der Waals surface area contributed by atoms with E-state index >= 15 is 0 Å². The average molecular weight is 364 g/mol. The van der Waals surface area contributed by atoms with Crippen LogP contribution in [-0.2, 0) is 9.59 Å². The molecule has 0 spiro atoms. The summed E-state index contributed by atoms with van der Waals surface area (Å²) in [6.45, 7) is 2.10. The summed E-state index contributed by atoms with van der Waals surface area (Å²) in [6, 6.07) is 10.2. The number of Topliss-reactive ketones (excluding diaryl/α,β-unsaturated/α-hetero) is 1. The number of imidazole rings is 1. The van der Waals surface area contributed by atoms with E-state index < -0.39 is 5.97 Å². The molecule has 1 atom stereocenters. The number of allylic oxidation sites excluding steroid dienone is 2. The fraction of sp³-hybridized carbons (Fsp3) is 0.409. The van der Waals surface area contributed by atoms with Crippen molar-refractivity contribution in [2.24, 2.45) is 11.8 Å². The Balaban J connectivity index is 1.55. The number of nitrogens with zero attached hydrogens (tertiary/aromatic N) is 2. The minimum Gasteiger partial charge on any atom is -0.481 e. The van der Waals surface area contributed by atoms with Crippen molar-refractivity contribution in [1.29, 1.82) is 0 Å². The Morgan fingerprint density at radius 2 is 1.78 bits per heavy atom. The highest BCUT2D eigenvalue weighted by atomic mass is 16.4. The van der Waals surface area contributed by atoms with Crippen LogP contribution in [0.3, 0.4) is 0 Å². The molecule has 0 amide bonds. The molecule has 2 aromatic rings. The van der Waals surface area contributed by atoms with Crippen LogP contribution in [0.25, 0.3) is 11.1 Å². The quantitative estimate of drug-likeness (QED) is 0.862. The molecular weight excluding hydrogens is 340 g/mol. The zero-order valence-electron chi connectivity index (χ0n) is 15.5. The number of rotatable bonds is 5. The second kappa shape index (κ2) is 7.14. The molecule has 27 heavy (non-hydrogen) atoms. The Hall–Kier alpha value is -2.69. The van der Waals surface area contributed by atoms with Crippen molar-refractivity contribution in [1.82, 2.24) is 9.55 Å². The molecular formula is C22H24N2O3. The van der Waals surface area contributed by atoms with E-state index in [2.05, 4.69) is 28.6 Å². The summed E-state index contributed by atoms with van der Waals surface area (Å²) in [6.07, 6.45) is 6.69. The van der Waals surface area contributed by atoms with Gasteiger partial charge in [0.25, 0.3) is 0 Å². The number of ketones is 1. The fourth-order valence-corrected chi connectivity index (χ4v) is 4.62. The summed E-state index contributed by atoms with van der Waals surface area (Å²) >= 11 is 0. The molecule has 0 saturated heterocycles. The maximum atomic E-state index is 13.0. The fourth-order valence-electron chi connectivity index (χ4n) is 4.62. The normalized spacial score (nSPS) is 24.7. The largest absolute Gasteiger partial charge is 0.481 e. The maximum absolute atomic E-state index is 13.0. The first-order chi connectivity index (χ1) is 13.1. The van der Waals surface area contributed by atoms with E-state index in [9.17, 15) is 9.59 Å². The van der Waals surface area contributed by atoms with Gasteiger partial charge < -0.3 is 9.67 Å². The number of hydrogen-bond donors (Lipinski definition) is 1. The monoisotopic (exact) mass is 364 g/mol. The van der Waals surface area contributed by atoms with E-state index in [1.165, 1.54) is 11.1 Å². The van der Waals surface area contributed by atoms with Gasteiger partial charge in [0, 0.05) is 12.3 Å². The Kier molecular flexibility index (Phi) is 4.68. The molecule has 1 aliphatic carbocycles. The molecule has 140 valence electrons. The first-order valence-electron chi connectivity index (χ1n) is 9.60. The second-order valence-corrected chi connectivity index (χ2v) is 7.66. The predicted octanol–water partition coefficient (Wildman–Crippen LogP) is 4.22. The molecule has 1 saturated carbocycles. The zero-order valence-corrected chi connectivity index (χ0v) is 15.5. The summed E-state index contributed by atoms with van der Waals surface area (Å²) in [5.41, 5.74) is 4.58. The van der Waals surface area contributed by atoms with Crippen LogP contribution in [0.2, 0.25) is 0 Å². The summed E-state index contributed by atoms with van der Waals surface area (Å²) in [5, 5.41) is 9.17. The predicted molar refractivity (Wildman–Crippen MR) is 103 cm³/mol. The average Bonchev–Trinajstić information content (AvgIpc) is 3.26. The highest BCUT2D eigenvalue weighted by molar-refractivity contribution is 5.96. The van der Waals surface area contributed by atoms with Gasteiger partial charge in [-0.3, -0.25) is 9.59 Å². The molecule has 1 aliphatic heterocycles. The lowest BCUT2D eigenvalue weighted by Crippen LogP contribution is -2.27. The third-order valence-electron chi connectivity index (χ3n) is 6.13. The summed E-state index contributed by atoms with van der Waals surface area (Å²) in [7, 11) is 0. The Morgan fingerprint density at radius 3 is 2.44 bits per heavy atom. The first kappa shape index (κ1) is 17.7. The topological polar surface area (TPSA) is 72.2 Å². The van der Waals surface area contributed by atoms with Crippen LogP contribution in [0.1, 0.15) is 56.3 Å². The third kappa shape index (κ3) is 3.22. The molecule has 1 fully saturated rings. The smallest absolute Gasteiger partial charge is 0.306 e. The van der Waals surface area contributed by atoms with Gasteiger partial charge in [0.05, 0.1) is 30.2 Å². The molecule has 1 aromatic heterocycles. The van der Waals surface area contributed by atoms with Gasteiger partial charge in [-0.2, -0.15) is 0 Å². The zero-order chi connectivity index (χ0) is 19.0. The highest BCUT2D eigenvalue weighted by Gasteiger charge is 2.35. The third-order valence-corrected chi connectivity index (χ3v) is 6.13. The lowest BCUT2D eigenvalue weighted by atomic mass is 9.78. The molecule has 5 nitrogen and oxygen atoms in total. The number of carbonyl (C=O) groups excluding carboxylic acids is 1. The number of aromatic nitrogens is 2. The SMILES string of the molecule is CC1=C(c2ccccc2)C(CC(=O)C2CCC(C(=O)O)CC2)n2cncc21. The van der Waals surface area contributed by atoms with Gasteiger partial charge in [-0.05, 0) is 49.3 Å². The van der Waals surface area contributed by atoms with Crippen molar-refractivity contribution >= 4 is 22.9 Å². The number of fused-ring (bicyclic) bond motifs is 1. The number of hydrogen-bond acceptors (Lipinski definition) is 3. The number of aliphatic carboxylic acids is 1. The van der Waals surface area contributed by atoms with E-state index in [1.807, 2.05) is 30.7 Å². The summed E-state index contributed by atoms with van der Waals surface area (Å²) < 4.78 is 2.11. The molecule has 5 heteroatoms. The van der Waals surface area contributed by atoms with Crippen molar-refractivity contribution in [3.63, 3.8) is 0 Å². The lowest BCUT2D eigenvalue weighted by molar-refractivity contribution is -0.144. The molecule has 1 aromatic carbocycles. The number of carboxylic acids is 1. The first-order valence-corrected chi connectivity index (χ1v) is 9.60. The van der Waals surface area contributed by atoms with E-state index in [1.54, 1.807) is 0 Å². The highest BCUT2D eigenvalue weighted by Crippen LogP contribution is 2.44. The van der Waals surface area contributed by atoms with Gasteiger partial charge in [-0.1, -0.05) is 30.3 Å². The summed E-state index contributed by atoms with van der Waals surface area (Å²) in [4.78, 5) is 28.5. The molecule has 2 aliphatic rings. The van der Waals surface area contributed by atoms with E-state index in [0.29, 0.717) is 32.1 Å². The molecule has 0 radical (unpaired) electrons. The van der Waals surface area contributed by atoms with Crippen LogP contribution in [-0.4, -0.2) is 26.4 Å². The van der Waals surface area contributed by atoms with Gasteiger partial charge in [-0.15, -0.1) is 0 Å². The van der Waals surface area contributed by atoms with Gasteiger partial charge in [-0.25, -0.2) is 4.98 Å². The van der Waals surface area contributed by atoms with Gasteiger partial charge >= 0.3 is 5.97 Å². The minimum absolute atomic E-state index is 0.0227. The van der Waals surface area contributed by atoms with Crippen molar-refractivity contribution in [3.05, 3.63) is 54.1 Å². The lowest BCUT2D eigenvalue weighted by Gasteiger charge is -2.27. The van der Waals surface area contributed by atoms with Crippen LogP contribution >= 0.6 is 0 Å². The van der Waals surface area contributed by atoms with Crippen molar-refractivity contribution < 1.29 is 14.7 Å². The van der Waals surface area contributed by atoms with Crippen molar-refractivity contribution in [3.8, 4) is 0 Å². The molecule has 1 N–H and O–H groups in total. The maximum Gasteiger partial charge on any atom is 0.306 e. The number of carbonyl (C=O) groups is 2. The van der Waals surface area contributed by atoms with Crippen LogP contribution in [0.5, 0.6) is 0 Å². The van der Waals surface area contributed by atoms with Crippen LogP contribution < -0.4 is 0 Å². The number of benzene rings is 1. The Morgan fingerprint density at radius 1 is 1.11 bits per heavy atom. The molecule has 1 unspecified atom stereocenters. The van der Waals surface area contributed by atoms with Gasteiger partial charge in [0.15, 0.2) is 0 Å². The van der Waals surface area contributed by atoms with E-state index in [0.717, 1.165) is 11.3 Å². The molecule has 4 rings (SSSR count). The van der Waals surface area contributed by atoms with Crippen molar-refractivity contribution in [2.75, 3.05) is 0 Å². The molecule has 0 bridgehead atoms. The van der Waals surface area contributed by atoms with Crippen molar-refractivity contribution in [2.45, 2.75) is 45.1 Å². The molecule has 2 heterocycles. The Labute approximate surface area is 158 Å². The standard InChI is InChI=1S/C22H24N2O3/c1-14-19-12-23-13-24(19)18(21(14)16-5-3-2-4-6-16)11-20(25)15-7-9-17(10-8-15)22(26)27/h2-6,12-13,15,17-18H,7-11H2,1H3,(H,26,27). The van der Waals surface area contributed by atoms with Crippen LogP contribution in [0, 0.1) is 11.8 Å². The minimum atomic E-state index is -0.732. The van der Waals surface area contributed by atoms with E-state index in [-0.39, 0.29) is 23.7 Å². The Bertz CT molecular complexity index is 889. The summed E-state index contributed by atoms with van der Waals surface area (Å²) in [5.74, 6) is -0.801. The number of carboxylic acid groups (broad SMARTS) is 1. The van der Waals surface area contributed by atoms with E-state index in [4.69, 9.17) is 5.11 Å². The van der Waals surface area contributed by atoms with Crippen LogP contribution in [0.15, 0.2) is 42.9 Å². The van der Waals surface area contributed by atoms with Gasteiger partial charge in [0.2, 0.25) is 0 Å². The second-order valence-electron chi connectivity index (χ2n) is 7.66.